The minimum absolute atomic E-state index is 0.0785. The van der Waals surface area contributed by atoms with E-state index in [0.717, 1.165) is 0 Å². The van der Waals surface area contributed by atoms with Crippen molar-refractivity contribution < 1.29 is 4.52 Å². The molecule has 0 aromatic carbocycles. The first-order valence-corrected chi connectivity index (χ1v) is 10.8. The molecule has 2 unspecified atom stereocenters. The average Bonchev–Trinajstić information content (AvgIpc) is 2.01. The Hall–Kier alpha value is 1.09. The molecule has 1 nitrogen and oxygen atoms in total. The summed E-state index contributed by atoms with van der Waals surface area (Å²) in [7, 11) is 0. The number of hydrogen-bond acceptors (Lipinski definition) is 3. The molecule has 0 aliphatic heterocycles. The van der Waals surface area contributed by atoms with Gasteiger partial charge in [0.15, 0.2) is 0 Å². The molecular weight excluding hydrogens is 231 g/mol. The van der Waals surface area contributed by atoms with E-state index in [1.54, 1.807) is 0 Å². The van der Waals surface area contributed by atoms with E-state index in [2.05, 4.69) is 38.8 Å². The molecule has 0 amide bonds. The topological polar surface area (TPSA) is 9.23 Å². The van der Waals surface area contributed by atoms with Crippen molar-refractivity contribution in [3.63, 3.8) is 0 Å². The van der Waals surface area contributed by atoms with Gasteiger partial charge < -0.3 is 0 Å². The van der Waals surface area contributed by atoms with Crippen LogP contribution in [0.15, 0.2) is 0 Å². The number of thioether (sulfide) groups is 1. The predicted molar refractivity (Wildman–Crippen MR) is 74.4 cm³/mol. The number of thiol groups is 1. The summed E-state index contributed by atoms with van der Waals surface area (Å²) in [5.41, 5.74) is 0.0785. The molecule has 0 saturated heterocycles. The number of hydrogen-bond donors (Lipinski definition) is 1. The Morgan fingerprint density at radius 2 is 2.07 bits per heavy atom. The molecular formula is C10H23OPS2. The van der Waals surface area contributed by atoms with Gasteiger partial charge in [-0.1, -0.05) is 0 Å². The van der Waals surface area contributed by atoms with E-state index in [1.165, 1.54) is 25.7 Å². The van der Waals surface area contributed by atoms with Gasteiger partial charge in [0, 0.05) is 0 Å². The first-order valence-electron chi connectivity index (χ1n) is 5.33. The predicted octanol–water partition coefficient (Wildman–Crippen LogP) is 3.84. The summed E-state index contributed by atoms with van der Waals surface area (Å²) in [6.45, 7) is 4.90. The van der Waals surface area contributed by atoms with E-state index >= 15 is 0 Å². The molecule has 1 aliphatic rings. The second kappa shape index (κ2) is 4.95. The summed E-state index contributed by atoms with van der Waals surface area (Å²) >= 11 is 6.56. The molecule has 0 aromatic rings. The van der Waals surface area contributed by atoms with Crippen molar-refractivity contribution in [2.45, 2.75) is 43.5 Å². The Labute approximate surface area is 98.3 Å². The van der Waals surface area contributed by atoms with Gasteiger partial charge in [0.2, 0.25) is 0 Å². The van der Waals surface area contributed by atoms with Gasteiger partial charge >= 0.3 is 98.3 Å². The molecule has 86 valence electrons. The molecule has 1 rings (SSSR count). The normalized spacial score (nSPS) is 35.6. The third-order valence-corrected chi connectivity index (χ3v) is 5.38. The Bertz CT molecular complexity index is 193. The van der Waals surface area contributed by atoms with Crippen LogP contribution in [-0.2, 0) is 4.52 Å². The SMILES string of the molecule is CSC1CCCCC1(C)O[PH](C)(C)S. The van der Waals surface area contributed by atoms with Gasteiger partial charge in [0.1, 0.15) is 0 Å². The Kier molecular flexibility index (Phi) is 4.65. The van der Waals surface area contributed by atoms with Crippen molar-refractivity contribution in [2.24, 2.45) is 0 Å². The van der Waals surface area contributed by atoms with Crippen LogP contribution < -0.4 is 0 Å². The molecule has 14 heavy (non-hydrogen) atoms. The van der Waals surface area contributed by atoms with Crippen LogP contribution in [0.3, 0.4) is 0 Å². The fourth-order valence-corrected chi connectivity index (χ4v) is 5.49. The van der Waals surface area contributed by atoms with E-state index < -0.39 is 6.69 Å². The quantitative estimate of drug-likeness (QED) is 0.605. The van der Waals surface area contributed by atoms with Gasteiger partial charge in [-0.15, -0.1) is 0 Å². The molecule has 2 atom stereocenters. The van der Waals surface area contributed by atoms with Gasteiger partial charge in [-0.2, -0.15) is 0 Å². The van der Waals surface area contributed by atoms with Crippen LogP contribution >= 0.6 is 30.7 Å². The monoisotopic (exact) mass is 254 g/mol. The second-order valence-electron chi connectivity index (χ2n) is 4.83. The maximum absolute atomic E-state index is 6.25. The third-order valence-electron chi connectivity index (χ3n) is 2.84. The summed E-state index contributed by atoms with van der Waals surface area (Å²) < 4.78 is 6.25. The van der Waals surface area contributed by atoms with Crippen LogP contribution in [0.4, 0.5) is 0 Å². The Morgan fingerprint density at radius 1 is 1.43 bits per heavy atom. The fraction of sp³-hybridized carbons (Fsp3) is 1.00. The second-order valence-corrected chi connectivity index (χ2v) is 12.2. The molecule has 0 N–H and O–H groups in total. The minimum atomic E-state index is -1.69. The van der Waals surface area contributed by atoms with Crippen molar-refractivity contribution in [1.82, 2.24) is 0 Å². The summed E-state index contributed by atoms with van der Waals surface area (Å²) in [5, 5.41) is 0.662. The molecule has 0 radical (unpaired) electrons. The summed E-state index contributed by atoms with van der Waals surface area (Å²) in [5.74, 6) is 0. The molecule has 0 bridgehead atoms. The molecule has 1 saturated carbocycles. The van der Waals surface area contributed by atoms with E-state index in [0.29, 0.717) is 5.25 Å². The van der Waals surface area contributed by atoms with Gasteiger partial charge in [-0.3, -0.25) is 0 Å². The zero-order chi connectivity index (χ0) is 10.8. The van der Waals surface area contributed by atoms with Gasteiger partial charge in [0.25, 0.3) is 0 Å². The molecule has 4 heteroatoms. The molecule has 0 aromatic heterocycles. The van der Waals surface area contributed by atoms with E-state index in [-0.39, 0.29) is 5.60 Å². The van der Waals surface area contributed by atoms with Crippen molar-refractivity contribution in [3.8, 4) is 0 Å². The standard InChI is InChI=1S/C10H23OPS2/c1-10(11-12(2,3)13)8-6-5-7-9(10)14-4/h9,12-13H,5-8H2,1-4H3. The van der Waals surface area contributed by atoms with Crippen molar-refractivity contribution in [2.75, 3.05) is 19.6 Å². The zero-order valence-electron chi connectivity index (χ0n) is 9.67. The molecule has 0 spiro atoms. The van der Waals surface area contributed by atoms with Gasteiger partial charge in [-0.25, -0.2) is 0 Å². The molecule has 1 fully saturated rings. The third kappa shape index (κ3) is 3.59. The Morgan fingerprint density at radius 3 is 2.57 bits per heavy atom. The van der Waals surface area contributed by atoms with Crippen molar-refractivity contribution in [3.05, 3.63) is 0 Å². The fourth-order valence-electron chi connectivity index (χ4n) is 2.33. The number of rotatable bonds is 3. The first-order chi connectivity index (χ1) is 6.37. The van der Waals surface area contributed by atoms with Crippen LogP contribution in [0.25, 0.3) is 0 Å². The van der Waals surface area contributed by atoms with E-state index in [1.807, 2.05) is 11.8 Å². The van der Waals surface area contributed by atoms with Crippen molar-refractivity contribution in [1.29, 1.82) is 0 Å². The van der Waals surface area contributed by atoms with E-state index in [9.17, 15) is 0 Å². The summed E-state index contributed by atoms with van der Waals surface area (Å²) in [6.07, 6.45) is 7.38. The van der Waals surface area contributed by atoms with Crippen LogP contribution in [0.5, 0.6) is 0 Å². The summed E-state index contributed by atoms with van der Waals surface area (Å²) in [4.78, 5) is 0. The van der Waals surface area contributed by atoms with Crippen LogP contribution in [0.2, 0.25) is 0 Å². The Balaban J connectivity index is 2.67. The van der Waals surface area contributed by atoms with Crippen LogP contribution in [-0.4, -0.2) is 30.4 Å². The van der Waals surface area contributed by atoms with Crippen molar-refractivity contribution >= 4 is 30.7 Å². The summed E-state index contributed by atoms with van der Waals surface area (Å²) in [6, 6.07) is 0. The van der Waals surface area contributed by atoms with Crippen LogP contribution in [0.1, 0.15) is 32.6 Å². The van der Waals surface area contributed by atoms with E-state index in [4.69, 9.17) is 4.52 Å². The first kappa shape index (κ1) is 13.2. The molecule has 0 heterocycles. The van der Waals surface area contributed by atoms with Crippen LogP contribution in [0, 0.1) is 0 Å². The maximum atomic E-state index is 6.25. The zero-order valence-corrected chi connectivity index (χ0v) is 12.4. The molecule has 1 aliphatic carbocycles. The van der Waals surface area contributed by atoms with Gasteiger partial charge in [-0.05, 0) is 0 Å². The average molecular weight is 254 g/mol. The van der Waals surface area contributed by atoms with Gasteiger partial charge in [0.05, 0.1) is 0 Å².